The normalized spacial score (nSPS) is 9.18. The van der Waals surface area contributed by atoms with Crippen molar-refractivity contribution in [2.45, 2.75) is 13.3 Å². The van der Waals surface area contributed by atoms with E-state index in [0.717, 1.165) is 6.42 Å². The molecule has 0 aliphatic rings. The van der Waals surface area contributed by atoms with E-state index in [2.05, 4.69) is 4.98 Å². The number of nitrogens with zero attached hydrogens (tertiary/aromatic N) is 1. The lowest BCUT2D eigenvalue weighted by Gasteiger charge is -2.01. The SMILES string of the molecule is CCC(=S)Oc1ccccn1. The fraction of sp³-hybridized carbons (Fsp3) is 0.250. The second-order valence-corrected chi connectivity index (χ2v) is 2.45. The van der Waals surface area contributed by atoms with Crippen LogP contribution in [0.15, 0.2) is 24.4 Å². The van der Waals surface area contributed by atoms with Crippen molar-refractivity contribution in [3.63, 3.8) is 0 Å². The van der Waals surface area contributed by atoms with Gasteiger partial charge < -0.3 is 4.74 Å². The summed E-state index contributed by atoms with van der Waals surface area (Å²) in [4.78, 5) is 3.96. The summed E-state index contributed by atoms with van der Waals surface area (Å²) in [5.74, 6) is 0.569. The fourth-order valence-electron chi connectivity index (χ4n) is 0.596. The average Bonchev–Trinajstić information content (AvgIpc) is 2.06. The molecular formula is C8H9NOS. The van der Waals surface area contributed by atoms with Crippen LogP contribution in [-0.2, 0) is 0 Å². The van der Waals surface area contributed by atoms with E-state index in [0.29, 0.717) is 10.9 Å². The second-order valence-electron chi connectivity index (χ2n) is 2.00. The van der Waals surface area contributed by atoms with Crippen molar-refractivity contribution in [2.75, 3.05) is 0 Å². The summed E-state index contributed by atoms with van der Waals surface area (Å²) >= 11 is 4.88. The highest BCUT2D eigenvalue weighted by atomic mass is 32.1. The molecular weight excluding hydrogens is 158 g/mol. The first-order chi connectivity index (χ1) is 5.33. The lowest BCUT2D eigenvalue weighted by molar-refractivity contribution is 0.528. The Morgan fingerprint density at radius 2 is 2.45 bits per heavy atom. The zero-order valence-electron chi connectivity index (χ0n) is 6.28. The van der Waals surface area contributed by atoms with Gasteiger partial charge in [-0.1, -0.05) is 13.0 Å². The van der Waals surface area contributed by atoms with Gasteiger partial charge in [0, 0.05) is 18.7 Å². The Balaban J connectivity index is 2.58. The second kappa shape index (κ2) is 4.03. The molecule has 0 saturated carbocycles. The Morgan fingerprint density at radius 3 is 3.00 bits per heavy atom. The summed E-state index contributed by atoms with van der Waals surface area (Å²) < 4.78 is 5.18. The molecule has 0 saturated heterocycles. The van der Waals surface area contributed by atoms with Crippen LogP contribution in [0.2, 0.25) is 0 Å². The van der Waals surface area contributed by atoms with Crippen LogP contribution in [0, 0.1) is 0 Å². The third-order valence-electron chi connectivity index (χ3n) is 1.14. The monoisotopic (exact) mass is 167 g/mol. The number of hydrogen-bond acceptors (Lipinski definition) is 3. The molecule has 1 aromatic heterocycles. The molecule has 3 heteroatoms. The molecule has 0 atom stereocenters. The van der Waals surface area contributed by atoms with Gasteiger partial charge in [0.25, 0.3) is 0 Å². The van der Waals surface area contributed by atoms with E-state index in [1.807, 2.05) is 19.1 Å². The summed E-state index contributed by atoms with van der Waals surface area (Å²) in [5, 5.41) is 0.573. The molecule has 0 fully saturated rings. The number of hydrogen-bond donors (Lipinski definition) is 0. The Bertz CT molecular complexity index is 235. The van der Waals surface area contributed by atoms with E-state index >= 15 is 0 Å². The summed E-state index contributed by atoms with van der Waals surface area (Å²) in [7, 11) is 0. The molecule has 58 valence electrons. The van der Waals surface area contributed by atoms with Gasteiger partial charge in [-0.15, -0.1) is 0 Å². The van der Waals surface area contributed by atoms with Crippen LogP contribution < -0.4 is 4.74 Å². The topological polar surface area (TPSA) is 22.1 Å². The van der Waals surface area contributed by atoms with Gasteiger partial charge in [0.1, 0.15) is 0 Å². The molecule has 0 aliphatic heterocycles. The number of aromatic nitrogens is 1. The lowest BCUT2D eigenvalue weighted by Crippen LogP contribution is -2.03. The van der Waals surface area contributed by atoms with E-state index in [9.17, 15) is 0 Å². The van der Waals surface area contributed by atoms with Crippen LogP contribution in [-0.4, -0.2) is 10.0 Å². The summed E-state index contributed by atoms with van der Waals surface area (Å²) in [6.45, 7) is 1.95. The molecule has 0 bridgehead atoms. The van der Waals surface area contributed by atoms with Crippen molar-refractivity contribution < 1.29 is 4.74 Å². The number of ether oxygens (including phenoxy) is 1. The van der Waals surface area contributed by atoms with Crippen molar-refractivity contribution in [1.82, 2.24) is 4.98 Å². The predicted molar refractivity (Wildman–Crippen MR) is 47.8 cm³/mol. The summed E-state index contributed by atoms with van der Waals surface area (Å²) in [5.41, 5.74) is 0. The van der Waals surface area contributed by atoms with Gasteiger partial charge in [-0.25, -0.2) is 4.98 Å². The Kier molecular flexibility index (Phi) is 2.98. The predicted octanol–water partition coefficient (Wildman–Crippen LogP) is 2.20. The van der Waals surface area contributed by atoms with Crippen LogP contribution in [0.3, 0.4) is 0 Å². The third kappa shape index (κ3) is 2.63. The van der Waals surface area contributed by atoms with Gasteiger partial charge in [0.15, 0.2) is 5.05 Å². The van der Waals surface area contributed by atoms with Crippen LogP contribution in [0.4, 0.5) is 0 Å². The highest BCUT2D eigenvalue weighted by Crippen LogP contribution is 2.04. The van der Waals surface area contributed by atoms with Crippen molar-refractivity contribution in [2.24, 2.45) is 0 Å². The van der Waals surface area contributed by atoms with Crippen molar-refractivity contribution >= 4 is 17.3 Å². The maximum Gasteiger partial charge on any atom is 0.219 e. The molecule has 1 rings (SSSR count). The quantitative estimate of drug-likeness (QED) is 0.630. The maximum atomic E-state index is 5.18. The van der Waals surface area contributed by atoms with E-state index in [-0.39, 0.29) is 0 Å². The number of thiocarbonyl (C=S) groups is 1. The van der Waals surface area contributed by atoms with Gasteiger partial charge in [0.2, 0.25) is 5.88 Å². The van der Waals surface area contributed by atoms with Crippen LogP contribution in [0.1, 0.15) is 13.3 Å². The molecule has 1 heterocycles. The van der Waals surface area contributed by atoms with Crippen molar-refractivity contribution in [3.05, 3.63) is 24.4 Å². The van der Waals surface area contributed by atoms with Crippen LogP contribution in [0.5, 0.6) is 5.88 Å². The molecule has 0 radical (unpaired) electrons. The highest BCUT2D eigenvalue weighted by molar-refractivity contribution is 7.80. The molecule has 1 aromatic rings. The molecule has 0 aromatic carbocycles. The van der Waals surface area contributed by atoms with E-state index < -0.39 is 0 Å². The van der Waals surface area contributed by atoms with E-state index in [4.69, 9.17) is 17.0 Å². The third-order valence-corrected chi connectivity index (χ3v) is 1.52. The minimum absolute atomic E-state index is 0.569. The number of rotatable bonds is 2. The highest BCUT2D eigenvalue weighted by Gasteiger charge is 1.95. The first-order valence-corrected chi connectivity index (χ1v) is 3.85. The lowest BCUT2D eigenvalue weighted by atomic mass is 10.5. The molecule has 11 heavy (non-hydrogen) atoms. The minimum atomic E-state index is 0.569. The standard InChI is InChI=1S/C8H9NOS/c1-2-8(11)10-7-5-3-4-6-9-7/h3-6H,2H2,1H3. The van der Waals surface area contributed by atoms with Crippen LogP contribution >= 0.6 is 12.2 Å². The van der Waals surface area contributed by atoms with E-state index in [1.165, 1.54) is 0 Å². The van der Waals surface area contributed by atoms with Crippen molar-refractivity contribution in [1.29, 1.82) is 0 Å². The molecule has 0 aliphatic carbocycles. The smallest absolute Gasteiger partial charge is 0.219 e. The zero-order chi connectivity index (χ0) is 8.10. The van der Waals surface area contributed by atoms with Crippen LogP contribution in [0.25, 0.3) is 0 Å². The number of pyridine rings is 1. The summed E-state index contributed by atoms with van der Waals surface area (Å²) in [6, 6.07) is 5.48. The maximum absolute atomic E-state index is 5.18. The first-order valence-electron chi connectivity index (χ1n) is 3.44. The minimum Gasteiger partial charge on any atom is -0.432 e. The Morgan fingerprint density at radius 1 is 1.64 bits per heavy atom. The zero-order valence-corrected chi connectivity index (χ0v) is 7.10. The van der Waals surface area contributed by atoms with E-state index in [1.54, 1.807) is 12.3 Å². The average molecular weight is 167 g/mol. The Labute approximate surface area is 71.2 Å². The molecule has 0 N–H and O–H groups in total. The molecule has 2 nitrogen and oxygen atoms in total. The molecule has 0 unspecified atom stereocenters. The largest absolute Gasteiger partial charge is 0.432 e. The molecule has 0 spiro atoms. The van der Waals surface area contributed by atoms with Gasteiger partial charge in [-0.05, 0) is 18.3 Å². The van der Waals surface area contributed by atoms with Gasteiger partial charge in [-0.3, -0.25) is 0 Å². The van der Waals surface area contributed by atoms with Gasteiger partial charge in [0.05, 0.1) is 0 Å². The van der Waals surface area contributed by atoms with Crippen molar-refractivity contribution in [3.8, 4) is 5.88 Å². The van der Waals surface area contributed by atoms with Gasteiger partial charge >= 0.3 is 0 Å². The first kappa shape index (κ1) is 8.14. The fourth-order valence-corrected chi connectivity index (χ4v) is 0.682. The summed E-state index contributed by atoms with van der Waals surface area (Å²) in [6.07, 6.45) is 2.42. The Hall–Kier alpha value is -0.960. The molecule has 0 amide bonds. The van der Waals surface area contributed by atoms with Gasteiger partial charge in [-0.2, -0.15) is 0 Å².